The molecular weight excluding hydrogens is 559 g/mol. The van der Waals surface area contributed by atoms with Crippen LogP contribution in [0.1, 0.15) is 12.8 Å². The van der Waals surface area contributed by atoms with Gasteiger partial charge < -0.3 is 43.0 Å². The first-order valence-electron chi connectivity index (χ1n) is 12.2. The highest BCUT2D eigenvalue weighted by Gasteiger charge is 2.28. The van der Waals surface area contributed by atoms with Crippen LogP contribution < -0.4 is 4.74 Å². The second-order valence-electron chi connectivity index (χ2n) is 7.55. The van der Waals surface area contributed by atoms with Crippen LogP contribution in [0, 0.1) is 29.1 Å². The number of carboxylic acids is 1. The number of hydrogen-bond donors (Lipinski definition) is 1. The van der Waals surface area contributed by atoms with Gasteiger partial charge >= 0.3 is 11.9 Å². The van der Waals surface area contributed by atoms with Gasteiger partial charge in [-0.25, -0.2) is 13.2 Å². The second-order valence-corrected chi connectivity index (χ2v) is 7.55. The van der Waals surface area contributed by atoms with Crippen LogP contribution in [-0.2, 0) is 42.7 Å². The summed E-state index contributed by atoms with van der Waals surface area (Å²) >= 11 is 0. The number of ether oxygens (including phenoxy) is 8. The standard InChI is InChI=1S/C24H33F5O11/c25-19-20(26)22(28)24(23(29)21(19)27)40-18(32)2-4-34-6-8-36-10-12-38-14-16-39-15-13-37-11-9-35-7-5-33-3-1-17(30)31/h1-16H2,(H,30,31). The molecule has 40 heavy (non-hydrogen) atoms. The van der Waals surface area contributed by atoms with Crippen molar-refractivity contribution in [1.29, 1.82) is 0 Å². The van der Waals surface area contributed by atoms with E-state index in [-0.39, 0.29) is 39.5 Å². The van der Waals surface area contributed by atoms with Gasteiger partial charge in [0.1, 0.15) is 0 Å². The maximum atomic E-state index is 13.5. The lowest BCUT2D eigenvalue weighted by Crippen LogP contribution is -2.16. The van der Waals surface area contributed by atoms with Crippen molar-refractivity contribution in [2.45, 2.75) is 12.8 Å². The zero-order valence-corrected chi connectivity index (χ0v) is 21.7. The number of esters is 1. The van der Waals surface area contributed by atoms with E-state index in [2.05, 4.69) is 4.74 Å². The van der Waals surface area contributed by atoms with Gasteiger partial charge in [-0.2, -0.15) is 8.78 Å². The summed E-state index contributed by atoms with van der Waals surface area (Å²) in [5.74, 6) is -15.1. The van der Waals surface area contributed by atoms with Crippen molar-refractivity contribution in [1.82, 2.24) is 0 Å². The molecule has 1 aromatic carbocycles. The maximum absolute atomic E-state index is 13.5. The number of halogens is 5. The van der Waals surface area contributed by atoms with Gasteiger partial charge in [-0.05, 0) is 0 Å². The third-order valence-electron chi connectivity index (χ3n) is 4.53. The van der Waals surface area contributed by atoms with Crippen molar-refractivity contribution in [3.63, 3.8) is 0 Å². The molecule has 0 amide bonds. The predicted molar refractivity (Wildman–Crippen MR) is 124 cm³/mol. The summed E-state index contributed by atoms with van der Waals surface area (Å²) in [5, 5.41) is 8.45. The summed E-state index contributed by atoms with van der Waals surface area (Å²) < 4.78 is 107. The first kappa shape index (κ1) is 35.6. The number of rotatable bonds is 25. The lowest BCUT2D eigenvalue weighted by Gasteiger charge is -2.09. The first-order valence-corrected chi connectivity index (χ1v) is 12.2. The summed E-state index contributed by atoms with van der Waals surface area (Å²) in [4.78, 5) is 21.9. The molecule has 0 aliphatic carbocycles. The minimum Gasteiger partial charge on any atom is -0.481 e. The molecule has 0 saturated heterocycles. The highest BCUT2D eigenvalue weighted by molar-refractivity contribution is 5.72. The van der Waals surface area contributed by atoms with Crippen LogP contribution in [0.3, 0.4) is 0 Å². The smallest absolute Gasteiger partial charge is 0.313 e. The Labute approximate surface area is 227 Å². The van der Waals surface area contributed by atoms with Crippen LogP contribution >= 0.6 is 0 Å². The van der Waals surface area contributed by atoms with Crippen LogP contribution in [0.2, 0.25) is 0 Å². The summed E-state index contributed by atoms with van der Waals surface area (Å²) in [6, 6.07) is 0. The van der Waals surface area contributed by atoms with Crippen LogP contribution in [0.25, 0.3) is 0 Å². The number of hydrogen-bond acceptors (Lipinski definition) is 10. The Kier molecular flexibility index (Phi) is 19.8. The Bertz CT molecular complexity index is 847. The molecule has 0 unspecified atom stereocenters. The van der Waals surface area contributed by atoms with Gasteiger partial charge in [0.15, 0.2) is 0 Å². The first-order chi connectivity index (χ1) is 19.3. The van der Waals surface area contributed by atoms with E-state index in [1.807, 2.05) is 0 Å². The predicted octanol–water partition coefficient (Wildman–Crippen LogP) is 2.27. The van der Waals surface area contributed by atoms with Crippen molar-refractivity contribution < 1.29 is 74.5 Å². The SMILES string of the molecule is O=C(O)CCOCCOCCOCCOCCOCCOCCOCCC(=O)Oc1c(F)c(F)c(F)c(F)c1F. The normalized spacial score (nSPS) is 11.2. The molecule has 1 N–H and O–H groups in total. The third-order valence-corrected chi connectivity index (χ3v) is 4.53. The van der Waals surface area contributed by atoms with Crippen molar-refractivity contribution in [3.05, 3.63) is 29.1 Å². The highest BCUT2D eigenvalue weighted by atomic mass is 19.2. The van der Waals surface area contributed by atoms with Crippen molar-refractivity contribution in [2.75, 3.05) is 92.5 Å². The third kappa shape index (κ3) is 16.0. The van der Waals surface area contributed by atoms with Gasteiger partial charge in [-0.1, -0.05) is 0 Å². The lowest BCUT2D eigenvalue weighted by molar-refractivity contribution is -0.138. The lowest BCUT2D eigenvalue weighted by atomic mass is 10.2. The molecule has 0 aliphatic heterocycles. The molecule has 0 fully saturated rings. The molecule has 0 bridgehead atoms. The van der Waals surface area contributed by atoms with E-state index >= 15 is 0 Å². The number of carbonyl (C=O) groups excluding carboxylic acids is 1. The maximum Gasteiger partial charge on any atom is 0.313 e. The van der Waals surface area contributed by atoms with Crippen LogP contribution in [0.4, 0.5) is 22.0 Å². The minimum atomic E-state index is -2.35. The number of carboxylic acid groups (broad SMARTS) is 1. The van der Waals surface area contributed by atoms with Crippen molar-refractivity contribution in [2.24, 2.45) is 0 Å². The molecule has 0 radical (unpaired) electrons. The number of aliphatic carboxylic acids is 1. The quantitative estimate of drug-likeness (QED) is 0.0449. The summed E-state index contributed by atoms with van der Waals surface area (Å²) in [6.45, 7) is 3.62. The average Bonchev–Trinajstić information content (AvgIpc) is 2.93. The largest absolute Gasteiger partial charge is 0.481 e. The molecule has 0 aliphatic rings. The Hall–Kier alpha value is -2.47. The van der Waals surface area contributed by atoms with E-state index in [0.29, 0.717) is 59.5 Å². The Balaban J connectivity index is 1.85. The Morgan fingerprint density at radius 1 is 0.450 bits per heavy atom. The topological polar surface area (TPSA) is 128 Å². The number of carbonyl (C=O) groups is 2. The molecular formula is C24H33F5O11. The molecule has 0 atom stereocenters. The van der Waals surface area contributed by atoms with E-state index in [9.17, 15) is 31.5 Å². The van der Waals surface area contributed by atoms with Gasteiger partial charge in [0.05, 0.1) is 105 Å². The van der Waals surface area contributed by atoms with E-state index in [1.54, 1.807) is 0 Å². The highest BCUT2D eigenvalue weighted by Crippen LogP contribution is 2.29. The van der Waals surface area contributed by atoms with Crippen molar-refractivity contribution in [3.8, 4) is 5.75 Å². The van der Waals surface area contributed by atoms with Crippen LogP contribution in [0.15, 0.2) is 0 Å². The molecule has 0 aromatic heterocycles. The molecule has 11 nitrogen and oxygen atoms in total. The molecule has 0 heterocycles. The number of benzene rings is 1. The fourth-order valence-corrected chi connectivity index (χ4v) is 2.58. The minimum absolute atomic E-state index is 0.0416. The molecule has 16 heteroatoms. The molecule has 1 rings (SSSR count). The van der Waals surface area contributed by atoms with Gasteiger partial charge in [0, 0.05) is 0 Å². The van der Waals surface area contributed by atoms with Gasteiger partial charge in [-0.15, -0.1) is 0 Å². The molecule has 1 aromatic rings. The molecule has 0 saturated carbocycles. The average molecular weight is 593 g/mol. The zero-order valence-electron chi connectivity index (χ0n) is 21.7. The van der Waals surface area contributed by atoms with Crippen molar-refractivity contribution >= 4 is 11.9 Å². The van der Waals surface area contributed by atoms with E-state index in [1.165, 1.54) is 0 Å². The second kappa shape index (κ2) is 22.2. The van der Waals surface area contributed by atoms with E-state index < -0.39 is 53.2 Å². The summed E-state index contributed by atoms with van der Waals surface area (Å²) in [7, 11) is 0. The molecule has 0 spiro atoms. The van der Waals surface area contributed by atoms with E-state index in [4.69, 9.17) is 38.3 Å². The van der Waals surface area contributed by atoms with Gasteiger partial charge in [0.2, 0.25) is 34.8 Å². The fourth-order valence-electron chi connectivity index (χ4n) is 2.58. The monoisotopic (exact) mass is 592 g/mol. The Morgan fingerprint density at radius 3 is 1.05 bits per heavy atom. The van der Waals surface area contributed by atoms with Crippen LogP contribution in [-0.4, -0.2) is 110 Å². The fraction of sp³-hybridized carbons (Fsp3) is 0.667. The van der Waals surface area contributed by atoms with Gasteiger partial charge in [-0.3, -0.25) is 9.59 Å². The molecule has 230 valence electrons. The van der Waals surface area contributed by atoms with Gasteiger partial charge in [0.25, 0.3) is 0 Å². The van der Waals surface area contributed by atoms with Crippen LogP contribution in [0.5, 0.6) is 5.75 Å². The summed E-state index contributed by atoms with van der Waals surface area (Å²) in [6.07, 6.45) is -0.533. The summed E-state index contributed by atoms with van der Waals surface area (Å²) in [5.41, 5.74) is 0. The zero-order chi connectivity index (χ0) is 29.6. The van der Waals surface area contributed by atoms with E-state index in [0.717, 1.165) is 0 Å². The Morgan fingerprint density at radius 2 is 0.725 bits per heavy atom.